The highest BCUT2D eigenvalue weighted by atomic mass is 32.1. The van der Waals surface area contributed by atoms with Crippen LogP contribution < -0.4 is 0 Å². The topological polar surface area (TPSA) is 29.5 Å². The first kappa shape index (κ1) is 12.2. The number of hydrogen-bond acceptors (Lipinski definition) is 3. The Morgan fingerprint density at radius 3 is 3.00 bits per heavy atom. The van der Waals surface area contributed by atoms with Crippen LogP contribution in [0.2, 0.25) is 0 Å². The Morgan fingerprint density at radius 1 is 1.44 bits per heavy atom. The number of morpholine rings is 1. The molecule has 1 fully saturated rings. The van der Waals surface area contributed by atoms with E-state index in [1.807, 2.05) is 4.90 Å². The smallest absolute Gasteiger partial charge is 0.255 e. The Kier molecular flexibility index (Phi) is 3.39. The summed E-state index contributed by atoms with van der Waals surface area (Å²) in [4.78, 5) is 15.9. The molecule has 3 nitrogen and oxygen atoms in total. The summed E-state index contributed by atoms with van der Waals surface area (Å²) >= 11 is 1.77. The molecule has 18 heavy (non-hydrogen) atoms. The van der Waals surface area contributed by atoms with Crippen LogP contribution in [-0.2, 0) is 17.6 Å². The number of fused-ring (bicyclic) bond motifs is 1. The van der Waals surface area contributed by atoms with Gasteiger partial charge >= 0.3 is 0 Å². The second-order valence-corrected chi connectivity index (χ2v) is 6.27. The van der Waals surface area contributed by atoms with E-state index in [1.54, 1.807) is 11.3 Å². The summed E-state index contributed by atoms with van der Waals surface area (Å²) < 4.78 is 5.30. The molecule has 4 heteroatoms. The van der Waals surface area contributed by atoms with Crippen molar-refractivity contribution in [3.05, 3.63) is 21.4 Å². The molecular formula is C14H19NO2S. The van der Waals surface area contributed by atoms with E-state index in [0.717, 1.165) is 37.4 Å². The summed E-state index contributed by atoms with van der Waals surface area (Å²) in [7, 11) is 0. The number of ether oxygens (including phenoxy) is 1. The van der Waals surface area contributed by atoms with Gasteiger partial charge < -0.3 is 9.64 Å². The Hall–Kier alpha value is -0.870. The third kappa shape index (κ3) is 2.19. The molecule has 0 aromatic carbocycles. The third-order valence-corrected chi connectivity index (χ3v) is 4.98. The number of carbonyl (C=O) groups is 1. The molecule has 1 aromatic heterocycles. The van der Waals surface area contributed by atoms with Crippen molar-refractivity contribution >= 4 is 17.2 Å². The first-order valence-electron chi connectivity index (χ1n) is 6.72. The summed E-state index contributed by atoms with van der Waals surface area (Å²) in [5.41, 5.74) is 2.29. The zero-order valence-corrected chi connectivity index (χ0v) is 11.6. The number of nitrogens with zero attached hydrogens (tertiary/aromatic N) is 1. The highest BCUT2D eigenvalue weighted by molar-refractivity contribution is 7.10. The molecule has 0 bridgehead atoms. The predicted molar refractivity (Wildman–Crippen MR) is 72.2 cm³/mol. The predicted octanol–water partition coefficient (Wildman–Crippen LogP) is 2.35. The SMILES string of the molecule is C[C@@H]1CCc2c(C(=O)N3CCOCC3)csc2C1. The maximum atomic E-state index is 12.5. The highest BCUT2D eigenvalue weighted by Gasteiger charge is 2.26. The van der Waals surface area contributed by atoms with Crippen LogP contribution >= 0.6 is 11.3 Å². The molecule has 0 radical (unpaired) electrons. The van der Waals surface area contributed by atoms with Crippen LogP contribution in [-0.4, -0.2) is 37.1 Å². The Labute approximate surface area is 112 Å². The Balaban J connectivity index is 1.82. The van der Waals surface area contributed by atoms with Crippen molar-refractivity contribution in [1.29, 1.82) is 0 Å². The van der Waals surface area contributed by atoms with E-state index in [9.17, 15) is 4.79 Å². The molecule has 1 atom stereocenters. The number of hydrogen-bond donors (Lipinski definition) is 0. The summed E-state index contributed by atoms with van der Waals surface area (Å²) in [6, 6.07) is 0. The minimum atomic E-state index is 0.213. The summed E-state index contributed by atoms with van der Waals surface area (Å²) in [5.74, 6) is 0.979. The fraction of sp³-hybridized carbons (Fsp3) is 0.643. The average Bonchev–Trinajstić information content (AvgIpc) is 2.81. The molecular weight excluding hydrogens is 246 g/mol. The number of carbonyl (C=O) groups excluding carboxylic acids is 1. The summed E-state index contributed by atoms with van der Waals surface area (Å²) in [6.45, 7) is 5.12. The van der Waals surface area contributed by atoms with Crippen LogP contribution in [0.5, 0.6) is 0 Å². The number of amides is 1. The fourth-order valence-electron chi connectivity index (χ4n) is 2.79. The molecule has 1 aliphatic heterocycles. The molecule has 1 amide bonds. The van der Waals surface area contributed by atoms with Crippen molar-refractivity contribution in [1.82, 2.24) is 4.90 Å². The van der Waals surface area contributed by atoms with Gasteiger partial charge in [-0.15, -0.1) is 11.3 Å². The van der Waals surface area contributed by atoms with Crippen molar-refractivity contribution in [2.45, 2.75) is 26.2 Å². The lowest BCUT2D eigenvalue weighted by atomic mass is 9.88. The van der Waals surface area contributed by atoms with Crippen molar-refractivity contribution in [3.8, 4) is 0 Å². The van der Waals surface area contributed by atoms with Crippen molar-refractivity contribution in [2.75, 3.05) is 26.3 Å². The van der Waals surface area contributed by atoms with E-state index >= 15 is 0 Å². The fourth-order valence-corrected chi connectivity index (χ4v) is 4.03. The van der Waals surface area contributed by atoms with Crippen LogP contribution in [0.4, 0.5) is 0 Å². The zero-order valence-electron chi connectivity index (χ0n) is 10.8. The molecule has 1 aromatic rings. The first-order valence-corrected chi connectivity index (χ1v) is 7.60. The van der Waals surface area contributed by atoms with E-state index in [0.29, 0.717) is 13.2 Å². The van der Waals surface area contributed by atoms with Gasteiger partial charge in [-0.25, -0.2) is 0 Å². The Bertz CT molecular complexity index is 449. The lowest BCUT2D eigenvalue weighted by molar-refractivity contribution is 0.0302. The quantitative estimate of drug-likeness (QED) is 0.780. The molecule has 0 saturated carbocycles. The maximum Gasteiger partial charge on any atom is 0.255 e. The van der Waals surface area contributed by atoms with Gasteiger partial charge in [-0.1, -0.05) is 6.92 Å². The molecule has 1 aliphatic carbocycles. The molecule has 3 rings (SSSR count). The minimum absolute atomic E-state index is 0.213. The normalized spacial score (nSPS) is 23.8. The van der Waals surface area contributed by atoms with Crippen LogP contribution in [0.25, 0.3) is 0 Å². The molecule has 0 unspecified atom stereocenters. The van der Waals surface area contributed by atoms with Gasteiger partial charge in [0.15, 0.2) is 0 Å². The van der Waals surface area contributed by atoms with Gasteiger partial charge in [-0.05, 0) is 30.7 Å². The van der Waals surface area contributed by atoms with Gasteiger partial charge in [0.1, 0.15) is 0 Å². The Morgan fingerprint density at radius 2 is 2.22 bits per heavy atom. The average molecular weight is 265 g/mol. The monoisotopic (exact) mass is 265 g/mol. The second kappa shape index (κ2) is 5.02. The standard InChI is InChI=1S/C14H19NO2S/c1-10-2-3-11-12(9-18-13(11)8-10)14(16)15-4-6-17-7-5-15/h9-10H,2-8H2,1H3/t10-/m1/s1. The van der Waals surface area contributed by atoms with E-state index in [4.69, 9.17) is 4.74 Å². The molecule has 1 saturated heterocycles. The number of rotatable bonds is 1. The number of thiophene rings is 1. The first-order chi connectivity index (χ1) is 8.75. The van der Waals surface area contributed by atoms with E-state index in [-0.39, 0.29) is 5.91 Å². The van der Waals surface area contributed by atoms with Gasteiger partial charge in [0, 0.05) is 23.3 Å². The van der Waals surface area contributed by atoms with E-state index in [2.05, 4.69) is 12.3 Å². The maximum absolute atomic E-state index is 12.5. The molecule has 98 valence electrons. The third-order valence-electron chi connectivity index (χ3n) is 3.93. The summed E-state index contributed by atoms with van der Waals surface area (Å²) in [5, 5.41) is 2.07. The molecule has 2 aliphatic rings. The van der Waals surface area contributed by atoms with Crippen LogP contribution in [0, 0.1) is 5.92 Å². The van der Waals surface area contributed by atoms with E-state index < -0.39 is 0 Å². The molecule has 0 N–H and O–H groups in total. The van der Waals surface area contributed by atoms with Crippen molar-refractivity contribution in [2.24, 2.45) is 5.92 Å². The van der Waals surface area contributed by atoms with Gasteiger partial charge in [-0.3, -0.25) is 4.79 Å². The molecule has 2 heterocycles. The lowest BCUT2D eigenvalue weighted by Crippen LogP contribution is -2.41. The van der Waals surface area contributed by atoms with Crippen molar-refractivity contribution in [3.63, 3.8) is 0 Å². The lowest BCUT2D eigenvalue weighted by Gasteiger charge is -2.27. The van der Waals surface area contributed by atoms with Gasteiger partial charge in [0.25, 0.3) is 5.91 Å². The largest absolute Gasteiger partial charge is 0.378 e. The van der Waals surface area contributed by atoms with E-state index in [1.165, 1.54) is 16.9 Å². The van der Waals surface area contributed by atoms with Gasteiger partial charge in [0.2, 0.25) is 0 Å². The summed E-state index contributed by atoms with van der Waals surface area (Å²) in [6.07, 6.45) is 3.44. The van der Waals surface area contributed by atoms with Crippen LogP contribution in [0.1, 0.15) is 34.1 Å². The van der Waals surface area contributed by atoms with Crippen molar-refractivity contribution < 1.29 is 9.53 Å². The zero-order chi connectivity index (χ0) is 12.5. The minimum Gasteiger partial charge on any atom is -0.378 e. The van der Waals surface area contributed by atoms with Crippen LogP contribution in [0.3, 0.4) is 0 Å². The molecule has 0 spiro atoms. The van der Waals surface area contributed by atoms with Crippen LogP contribution in [0.15, 0.2) is 5.38 Å². The van der Waals surface area contributed by atoms with Gasteiger partial charge in [0.05, 0.1) is 18.8 Å². The second-order valence-electron chi connectivity index (χ2n) is 5.30. The highest BCUT2D eigenvalue weighted by Crippen LogP contribution is 2.33. The van der Waals surface area contributed by atoms with Gasteiger partial charge in [-0.2, -0.15) is 0 Å².